The topological polar surface area (TPSA) is 237 Å². The fraction of sp³-hybridized carbons (Fsp3) is 0.944. The van der Waals surface area contributed by atoms with E-state index in [1.165, 1.54) is 199 Å². The molecule has 0 fully saturated rings. The molecule has 0 rings (SSSR count). The normalized spacial score (nSPS) is 14.3. The highest BCUT2D eigenvalue weighted by atomic mass is 31.2. The Morgan fingerprint density at radius 2 is 0.527 bits per heavy atom. The van der Waals surface area contributed by atoms with Crippen molar-refractivity contribution in [2.24, 2.45) is 5.92 Å². The summed E-state index contributed by atoms with van der Waals surface area (Å²) in [6.07, 6.45) is 52.5. The summed E-state index contributed by atoms with van der Waals surface area (Å²) in [4.78, 5) is 72.6. The van der Waals surface area contributed by atoms with Gasteiger partial charge in [0.1, 0.15) is 19.3 Å². The summed E-state index contributed by atoms with van der Waals surface area (Å²) in [6, 6.07) is 0. The van der Waals surface area contributed by atoms with E-state index in [4.69, 9.17) is 37.0 Å². The molecule has 6 atom stereocenters. The van der Waals surface area contributed by atoms with Crippen molar-refractivity contribution >= 4 is 39.5 Å². The third-order valence-corrected chi connectivity index (χ3v) is 19.0. The van der Waals surface area contributed by atoms with Crippen LogP contribution in [0.25, 0.3) is 0 Å². The van der Waals surface area contributed by atoms with Crippen molar-refractivity contribution in [2.75, 3.05) is 39.6 Å². The Hall–Kier alpha value is -1.94. The van der Waals surface area contributed by atoms with Gasteiger partial charge < -0.3 is 33.8 Å². The minimum absolute atomic E-state index is 0.105. The second-order valence-electron chi connectivity index (χ2n) is 26.2. The van der Waals surface area contributed by atoms with E-state index in [0.29, 0.717) is 25.7 Å². The molecule has 540 valence electrons. The van der Waals surface area contributed by atoms with Crippen LogP contribution in [0.5, 0.6) is 0 Å². The number of carbonyl (C=O) groups is 4. The molecule has 0 aromatic carbocycles. The Labute approximate surface area is 556 Å². The highest BCUT2D eigenvalue weighted by Crippen LogP contribution is 2.45. The number of aliphatic hydroxyl groups excluding tert-OH is 1. The average Bonchev–Trinajstić information content (AvgIpc) is 3.55. The maximum atomic E-state index is 13.0. The first-order chi connectivity index (χ1) is 44.1. The first-order valence-electron chi connectivity index (χ1n) is 37.7. The average molecular weight is 1340 g/mol. The molecule has 17 nitrogen and oxygen atoms in total. The minimum Gasteiger partial charge on any atom is -0.462 e. The molecule has 3 unspecified atom stereocenters. The molecule has 0 spiro atoms. The monoisotopic (exact) mass is 1340 g/mol. The van der Waals surface area contributed by atoms with Gasteiger partial charge in [0.05, 0.1) is 26.4 Å². The molecule has 0 radical (unpaired) electrons. The quantitative estimate of drug-likeness (QED) is 0.0222. The second kappa shape index (κ2) is 65.4. The predicted octanol–water partition coefficient (Wildman–Crippen LogP) is 20.9. The van der Waals surface area contributed by atoms with Gasteiger partial charge in [-0.3, -0.25) is 37.3 Å². The minimum atomic E-state index is -4.95. The lowest BCUT2D eigenvalue weighted by Crippen LogP contribution is -2.30. The molecule has 3 N–H and O–H groups in total. The largest absolute Gasteiger partial charge is 0.472 e. The lowest BCUT2D eigenvalue weighted by molar-refractivity contribution is -0.161. The van der Waals surface area contributed by atoms with Crippen LogP contribution in [0, 0.1) is 5.92 Å². The van der Waals surface area contributed by atoms with Gasteiger partial charge in [0.15, 0.2) is 12.2 Å². The number of esters is 4. The lowest BCUT2D eigenvalue weighted by Gasteiger charge is -2.21. The van der Waals surface area contributed by atoms with Crippen molar-refractivity contribution in [2.45, 2.75) is 393 Å². The van der Waals surface area contributed by atoms with Gasteiger partial charge >= 0.3 is 39.5 Å². The summed E-state index contributed by atoms with van der Waals surface area (Å²) in [6.45, 7) is 7.26. The first-order valence-corrected chi connectivity index (χ1v) is 40.7. The molecule has 91 heavy (non-hydrogen) atoms. The maximum Gasteiger partial charge on any atom is 0.472 e. The molecule has 0 amide bonds. The zero-order chi connectivity index (χ0) is 67.0. The van der Waals surface area contributed by atoms with E-state index in [9.17, 15) is 43.2 Å². The molecular weight excluding hydrogens is 1200 g/mol. The summed E-state index contributed by atoms with van der Waals surface area (Å²) >= 11 is 0. The zero-order valence-corrected chi connectivity index (χ0v) is 60.8. The number of ether oxygens (including phenoxy) is 4. The van der Waals surface area contributed by atoms with E-state index >= 15 is 0 Å². The van der Waals surface area contributed by atoms with Crippen LogP contribution in [-0.4, -0.2) is 96.7 Å². The molecular formula is C72H140O17P2. The van der Waals surface area contributed by atoms with Crippen molar-refractivity contribution in [1.82, 2.24) is 0 Å². The van der Waals surface area contributed by atoms with Gasteiger partial charge in [-0.25, -0.2) is 9.13 Å². The molecule has 0 aromatic heterocycles. The lowest BCUT2D eigenvalue weighted by atomic mass is 9.99. The van der Waals surface area contributed by atoms with E-state index in [-0.39, 0.29) is 25.7 Å². The number of phosphoric ester groups is 2. The van der Waals surface area contributed by atoms with E-state index < -0.39 is 97.5 Å². The Kier molecular flexibility index (Phi) is 64.0. The number of hydrogen-bond donors (Lipinski definition) is 3. The molecule has 0 aliphatic heterocycles. The molecule has 0 bridgehead atoms. The maximum absolute atomic E-state index is 13.0. The SMILES string of the molecule is CCCCCCCCCCCCCCCCCCC(=O)O[C@H](COC(=O)CCCCCCCCCCCCCCC)COP(=O)(O)OC[C@@H](O)COP(=O)(O)OC[C@@H](COC(=O)CCCCCCCCCCCC)OC(=O)CCCCCCCCCCC(C)CC. The van der Waals surface area contributed by atoms with Gasteiger partial charge in [-0.05, 0) is 31.6 Å². The third-order valence-electron chi connectivity index (χ3n) is 17.1. The van der Waals surface area contributed by atoms with Gasteiger partial charge in [-0.15, -0.1) is 0 Å². The van der Waals surface area contributed by atoms with Crippen LogP contribution in [0.2, 0.25) is 0 Å². The predicted molar refractivity (Wildman–Crippen MR) is 368 cm³/mol. The summed E-state index contributed by atoms with van der Waals surface area (Å²) in [5.41, 5.74) is 0. The number of aliphatic hydroxyl groups is 1. The molecule has 0 saturated heterocycles. The summed E-state index contributed by atoms with van der Waals surface area (Å²) in [5, 5.41) is 10.6. The second-order valence-corrected chi connectivity index (χ2v) is 29.1. The van der Waals surface area contributed by atoms with Crippen LogP contribution in [0.15, 0.2) is 0 Å². The molecule has 0 aliphatic rings. The highest BCUT2D eigenvalue weighted by Gasteiger charge is 2.30. The van der Waals surface area contributed by atoms with Crippen LogP contribution in [0.3, 0.4) is 0 Å². The van der Waals surface area contributed by atoms with Gasteiger partial charge in [-0.2, -0.15) is 0 Å². The molecule has 0 saturated carbocycles. The summed E-state index contributed by atoms with van der Waals surface area (Å²) in [7, 11) is -9.90. The zero-order valence-electron chi connectivity index (χ0n) is 59.0. The van der Waals surface area contributed by atoms with Crippen LogP contribution >= 0.6 is 15.6 Å². The number of phosphoric acid groups is 2. The van der Waals surface area contributed by atoms with Gasteiger partial charge in [0.25, 0.3) is 0 Å². The van der Waals surface area contributed by atoms with Gasteiger partial charge in [-0.1, -0.05) is 324 Å². The summed E-state index contributed by atoms with van der Waals surface area (Å²) < 4.78 is 68.4. The third kappa shape index (κ3) is 65.1. The van der Waals surface area contributed by atoms with E-state index in [1.807, 2.05) is 0 Å². The number of carbonyl (C=O) groups excluding carboxylic acids is 4. The van der Waals surface area contributed by atoms with Crippen LogP contribution in [-0.2, 0) is 65.4 Å². The Morgan fingerprint density at radius 1 is 0.308 bits per heavy atom. The summed E-state index contributed by atoms with van der Waals surface area (Å²) in [5.74, 6) is -1.35. The first kappa shape index (κ1) is 89.1. The van der Waals surface area contributed by atoms with Crippen molar-refractivity contribution in [3.63, 3.8) is 0 Å². The van der Waals surface area contributed by atoms with Crippen molar-refractivity contribution in [3.8, 4) is 0 Å². The smallest absolute Gasteiger partial charge is 0.462 e. The van der Waals surface area contributed by atoms with Crippen LogP contribution in [0.1, 0.15) is 375 Å². The molecule has 19 heteroatoms. The Bertz CT molecular complexity index is 1760. The van der Waals surface area contributed by atoms with Crippen molar-refractivity contribution in [1.29, 1.82) is 0 Å². The number of rotatable bonds is 72. The van der Waals surface area contributed by atoms with Gasteiger partial charge in [0.2, 0.25) is 0 Å². The molecule has 0 heterocycles. The molecule has 0 aliphatic carbocycles. The van der Waals surface area contributed by atoms with E-state index in [0.717, 1.165) is 95.8 Å². The Balaban J connectivity index is 5.25. The fourth-order valence-corrected chi connectivity index (χ4v) is 12.5. The number of unbranched alkanes of at least 4 members (excludes halogenated alkanes) is 43. The molecule has 0 aromatic rings. The van der Waals surface area contributed by atoms with Crippen LogP contribution < -0.4 is 0 Å². The Morgan fingerprint density at radius 3 is 0.780 bits per heavy atom. The van der Waals surface area contributed by atoms with E-state index in [1.54, 1.807) is 0 Å². The standard InChI is InChI=1S/C72H140O17P2/c1-6-10-13-16-19-22-25-27-28-29-31-33-36-42-47-52-57-71(76)88-67(61-83-70(75)56-51-46-41-35-32-30-26-23-20-17-14-11-7-2)63-86-90(78,79)84-59-66(73)60-85-91(80,81)87-64-68(62-82-69(74)55-50-45-40-34-24-21-18-15-12-8-3)89-72(77)58-53-48-43-38-37-39-44-49-54-65(5)9-4/h65-68,73H,6-64H2,1-5H3,(H,78,79)(H,80,81)/t65?,66-,67-,68-/m1/s1. The van der Waals surface area contributed by atoms with Gasteiger partial charge in [0, 0.05) is 25.7 Å². The highest BCUT2D eigenvalue weighted by molar-refractivity contribution is 7.47. The number of hydrogen-bond acceptors (Lipinski definition) is 15. The van der Waals surface area contributed by atoms with Crippen LogP contribution in [0.4, 0.5) is 0 Å². The van der Waals surface area contributed by atoms with Crippen molar-refractivity contribution in [3.05, 3.63) is 0 Å². The van der Waals surface area contributed by atoms with Crippen molar-refractivity contribution < 1.29 is 80.2 Å². The fourth-order valence-electron chi connectivity index (χ4n) is 11.0. The van der Waals surface area contributed by atoms with E-state index in [2.05, 4.69) is 34.6 Å².